The second-order valence-electron chi connectivity index (χ2n) is 6.22. The summed E-state index contributed by atoms with van der Waals surface area (Å²) in [5, 5.41) is 11.1. The SMILES string of the molecule is CSc1nc(C(=O)N2CCC[C@@H](O)c3cc(F)ccc32)c2ccccn12. The van der Waals surface area contributed by atoms with E-state index in [2.05, 4.69) is 4.98 Å². The summed E-state index contributed by atoms with van der Waals surface area (Å²) >= 11 is 1.47. The summed E-state index contributed by atoms with van der Waals surface area (Å²) in [6.07, 6.45) is 4.13. The number of carbonyl (C=O) groups is 1. The van der Waals surface area contributed by atoms with Gasteiger partial charge in [0, 0.05) is 24.0 Å². The molecule has 0 bridgehead atoms. The Morgan fingerprint density at radius 2 is 2.19 bits per heavy atom. The molecule has 0 spiro atoms. The van der Waals surface area contributed by atoms with Crippen LogP contribution < -0.4 is 4.90 Å². The van der Waals surface area contributed by atoms with Gasteiger partial charge in [0.1, 0.15) is 5.82 Å². The Morgan fingerprint density at radius 1 is 1.35 bits per heavy atom. The Bertz CT molecular complexity index is 988. The molecule has 0 radical (unpaired) electrons. The molecule has 5 nitrogen and oxygen atoms in total. The van der Waals surface area contributed by atoms with Crippen LogP contribution >= 0.6 is 11.8 Å². The molecular weight excluding hydrogens is 353 g/mol. The average molecular weight is 371 g/mol. The lowest BCUT2D eigenvalue weighted by molar-refractivity contribution is 0.0983. The number of nitrogens with zero attached hydrogens (tertiary/aromatic N) is 3. The number of imidazole rings is 1. The van der Waals surface area contributed by atoms with Gasteiger partial charge in [-0.3, -0.25) is 9.20 Å². The summed E-state index contributed by atoms with van der Waals surface area (Å²) in [7, 11) is 0. The summed E-state index contributed by atoms with van der Waals surface area (Å²) < 4.78 is 15.6. The van der Waals surface area contributed by atoms with Gasteiger partial charge >= 0.3 is 0 Å². The molecule has 1 atom stereocenters. The zero-order valence-corrected chi connectivity index (χ0v) is 15.0. The number of hydrogen-bond acceptors (Lipinski definition) is 4. The molecule has 134 valence electrons. The van der Waals surface area contributed by atoms with Crippen LogP contribution in [0, 0.1) is 5.82 Å². The van der Waals surface area contributed by atoms with Crippen molar-refractivity contribution in [3.05, 3.63) is 59.7 Å². The van der Waals surface area contributed by atoms with Crippen LogP contribution in [0.15, 0.2) is 47.8 Å². The number of aliphatic hydroxyl groups excluding tert-OH is 1. The van der Waals surface area contributed by atoms with Gasteiger partial charge in [-0.2, -0.15) is 0 Å². The summed E-state index contributed by atoms with van der Waals surface area (Å²) in [6, 6.07) is 9.81. The molecule has 1 aliphatic rings. The molecule has 1 aliphatic heterocycles. The van der Waals surface area contributed by atoms with Crippen molar-refractivity contribution in [2.75, 3.05) is 17.7 Å². The normalized spacial score (nSPS) is 17.2. The maximum Gasteiger partial charge on any atom is 0.279 e. The number of rotatable bonds is 2. The molecule has 3 heterocycles. The Kier molecular flexibility index (Phi) is 4.42. The highest BCUT2D eigenvalue weighted by atomic mass is 32.2. The minimum absolute atomic E-state index is 0.240. The third-order valence-electron chi connectivity index (χ3n) is 4.64. The number of anilines is 1. The number of halogens is 1. The van der Waals surface area contributed by atoms with E-state index in [1.54, 1.807) is 11.0 Å². The van der Waals surface area contributed by atoms with E-state index in [1.165, 1.54) is 23.9 Å². The summed E-state index contributed by atoms with van der Waals surface area (Å²) in [5.41, 5.74) is 2.09. The molecule has 26 heavy (non-hydrogen) atoms. The van der Waals surface area contributed by atoms with Crippen LogP contribution in [0.5, 0.6) is 0 Å². The van der Waals surface area contributed by atoms with Crippen molar-refractivity contribution in [3.8, 4) is 0 Å². The lowest BCUT2D eigenvalue weighted by atomic mass is 10.0. The molecule has 0 aliphatic carbocycles. The first kappa shape index (κ1) is 17.1. The maximum absolute atomic E-state index is 13.7. The zero-order valence-electron chi connectivity index (χ0n) is 14.2. The number of fused-ring (bicyclic) bond motifs is 2. The quantitative estimate of drug-likeness (QED) is 0.699. The minimum Gasteiger partial charge on any atom is -0.388 e. The Balaban J connectivity index is 1.83. The highest BCUT2D eigenvalue weighted by Crippen LogP contribution is 2.34. The summed E-state index contributed by atoms with van der Waals surface area (Å²) in [6.45, 7) is 0.453. The van der Waals surface area contributed by atoms with Gasteiger partial charge in [0.05, 0.1) is 11.6 Å². The summed E-state index contributed by atoms with van der Waals surface area (Å²) in [4.78, 5) is 19.4. The number of aliphatic hydroxyl groups is 1. The van der Waals surface area contributed by atoms with E-state index in [9.17, 15) is 14.3 Å². The molecule has 0 saturated carbocycles. The van der Waals surface area contributed by atoms with Crippen molar-refractivity contribution in [2.24, 2.45) is 0 Å². The predicted octanol–water partition coefficient (Wildman–Crippen LogP) is 3.67. The van der Waals surface area contributed by atoms with Crippen molar-refractivity contribution < 1.29 is 14.3 Å². The molecule has 1 aromatic carbocycles. The van der Waals surface area contributed by atoms with Crippen molar-refractivity contribution >= 4 is 28.9 Å². The van der Waals surface area contributed by atoms with Crippen molar-refractivity contribution in [2.45, 2.75) is 24.1 Å². The molecule has 3 aromatic rings. The first-order chi connectivity index (χ1) is 12.6. The first-order valence-electron chi connectivity index (χ1n) is 8.40. The van der Waals surface area contributed by atoms with E-state index in [-0.39, 0.29) is 5.91 Å². The number of hydrogen-bond donors (Lipinski definition) is 1. The predicted molar refractivity (Wildman–Crippen MR) is 99.2 cm³/mol. The smallest absolute Gasteiger partial charge is 0.279 e. The van der Waals surface area contributed by atoms with E-state index in [0.717, 1.165) is 10.7 Å². The number of aromatic nitrogens is 2. The van der Waals surface area contributed by atoms with E-state index in [4.69, 9.17) is 0 Å². The van der Waals surface area contributed by atoms with Crippen molar-refractivity contribution in [1.29, 1.82) is 0 Å². The third-order valence-corrected chi connectivity index (χ3v) is 5.30. The van der Waals surface area contributed by atoms with Gasteiger partial charge < -0.3 is 10.0 Å². The molecule has 1 N–H and O–H groups in total. The fourth-order valence-corrected chi connectivity index (χ4v) is 3.95. The van der Waals surface area contributed by atoms with E-state index in [1.807, 2.05) is 35.1 Å². The standard InChI is InChI=1S/C19H18FN3O2S/c1-26-19-21-17(15-5-2-3-9-23(15)19)18(25)22-10-4-6-16(24)13-11-12(20)7-8-14(13)22/h2-3,5,7-9,11,16,24H,4,6,10H2,1H3/t16-/m1/s1. The Morgan fingerprint density at radius 3 is 3.00 bits per heavy atom. The highest BCUT2D eigenvalue weighted by molar-refractivity contribution is 7.98. The molecule has 4 rings (SSSR count). The van der Waals surface area contributed by atoms with Crippen LogP contribution in [0.2, 0.25) is 0 Å². The van der Waals surface area contributed by atoms with Crippen LogP contribution in [-0.4, -0.2) is 33.2 Å². The molecule has 1 amide bonds. The minimum atomic E-state index is -0.779. The first-order valence-corrected chi connectivity index (χ1v) is 9.63. The number of thioether (sulfide) groups is 1. The molecule has 0 saturated heterocycles. The third kappa shape index (κ3) is 2.77. The number of benzene rings is 1. The van der Waals surface area contributed by atoms with Gasteiger partial charge in [-0.15, -0.1) is 0 Å². The lowest BCUT2D eigenvalue weighted by Crippen LogP contribution is -2.32. The van der Waals surface area contributed by atoms with Crippen LogP contribution in [-0.2, 0) is 0 Å². The molecule has 0 fully saturated rings. The van der Waals surface area contributed by atoms with Crippen LogP contribution in [0.25, 0.3) is 5.52 Å². The fraction of sp³-hybridized carbons (Fsp3) is 0.263. The van der Waals surface area contributed by atoms with Crippen molar-refractivity contribution in [3.63, 3.8) is 0 Å². The van der Waals surface area contributed by atoms with Crippen LogP contribution in [0.3, 0.4) is 0 Å². The van der Waals surface area contributed by atoms with Gasteiger partial charge in [-0.1, -0.05) is 17.8 Å². The lowest BCUT2D eigenvalue weighted by Gasteiger charge is -2.22. The highest BCUT2D eigenvalue weighted by Gasteiger charge is 2.29. The van der Waals surface area contributed by atoms with Gasteiger partial charge in [0.25, 0.3) is 5.91 Å². The number of pyridine rings is 1. The molecule has 7 heteroatoms. The largest absolute Gasteiger partial charge is 0.388 e. The zero-order chi connectivity index (χ0) is 18.3. The topological polar surface area (TPSA) is 57.8 Å². The van der Waals surface area contributed by atoms with Gasteiger partial charge in [-0.25, -0.2) is 9.37 Å². The second kappa shape index (κ2) is 6.74. The average Bonchev–Trinajstić information content (AvgIpc) is 2.95. The van der Waals surface area contributed by atoms with E-state index >= 15 is 0 Å². The number of amides is 1. The molecular formula is C19H18FN3O2S. The summed E-state index contributed by atoms with van der Waals surface area (Å²) in [5.74, 6) is -0.662. The fourth-order valence-electron chi connectivity index (χ4n) is 3.41. The van der Waals surface area contributed by atoms with Gasteiger partial charge in [0.15, 0.2) is 10.9 Å². The molecule has 2 aromatic heterocycles. The second-order valence-corrected chi connectivity index (χ2v) is 6.99. The molecule has 0 unspecified atom stereocenters. The maximum atomic E-state index is 13.7. The Hall–Kier alpha value is -2.38. The Labute approximate surface area is 154 Å². The van der Waals surface area contributed by atoms with E-state index in [0.29, 0.717) is 36.3 Å². The van der Waals surface area contributed by atoms with E-state index < -0.39 is 11.9 Å². The van der Waals surface area contributed by atoms with Crippen LogP contribution in [0.4, 0.5) is 10.1 Å². The monoisotopic (exact) mass is 371 g/mol. The number of carbonyl (C=O) groups excluding carboxylic acids is 1. The van der Waals surface area contributed by atoms with Crippen molar-refractivity contribution in [1.82, 2.24) is 9.38 Å². The van der Waals surface area contributed by atoms with Crippen LogP contribution in [0.1, 0.15) is 35.0 Å². The van der Waals surface area contributed by atoms with Gasteiger partial charge in [-0.05, 0) is 49.4 Å². The van der Waals surface area contributed by atoms with Gasteiger partial charge in [0.2, 0.25) is 0 Å².